The first-order valence-electron chi connectivity index (χ1n) is 7.35. The first-order valence-corrected chi connectivity index (χ1v) is 7.35. The number of hydrogen-bond donors (Lipinski definition) is 2. The zero-order chi connectivity index (χ0) is 13.7. The Hall–Kier alpha value is -0.160. The lowest BCUT2D eigenvalue weighted by Gasteiger charge is -2.43. The summed E-state index contributed by atoms with van der Waals surface area (Å²) in [4.78, 5) is 4.90. The van der Waals surface area contributed by atoms with E-state index in [4.69, 9.17) is 5.73 Å². The van der Waals surface area contributed by atoms with Gasteiger partial charge in [-0.15, -0.1) is 0 Å². The van der Waals surface area contributed by atoms with Gasteiger partial charge in [-0.3, -0.25) is 9.80 Å². The quantitative estimate of drug-likeness (QED) is 0.737. The lowest BCUT2D eigenvalue weighted by molar-refractivity contribution is 0.0333. The highest BCUT2D eigenvalue weighted by atomic mass is 16.3. The van der Waals surface area contributed by atoms with Crippen molar-refractivity contribution in [1.29, 1.82) is 0 Å². The number of aliphatic hydroxyl groups is 1. The van der Waals surface area contributed by atoms with E-state index in [9.17, 15) is 5.11 Å². The van der Waals surface area contributed by atoms with E-state index in [1.165, 1.54) is 6.42 Å². The molecule has 1 saturated heterocycles. The summed E-state index contributed by atoms with van der Waals surface area (Å²) in [5.74, 6) is 0.412. The van der Waals surface area contributed by atoms with Crippen molar-refractivity contribution in [1.82, 2.24) is 9.80 Å². The highest BCUT2D eigenvalue weighted by Crippen LogP contribution is 2.15. The van der Waals surface area contributed by atoms with Gasteiger partial charge in [0.05, 0.1) is 6.61 Å². The molecule has 0 radical (unpaired) electrons. The third-order valence-corrected chi connectivity index (χ3v) is 4.43. The molecule has 1 aliphatic heterocycles. The smallest absolute Gasteiger partial charge is 0.0602 e. The minimum absolute atomic E-state index is 0.0603. The van der Waals surface area contributed by atoms with Gasteiger partial charge in [-0.05, 0) is 19.3 Å². The molecule has 0 aliphatic carbocycles. The molecular formula is C14H31N3O. The van der Waals surface area contributed by atoms with Crippen LogP contribution in [0.2, 0.25) is 0 Å². The molecule has 0 aromatic carbocycles. The molecule has 18 heavy (non-hydrogen) atoms. The molecule has 0 bridgehead atoms. The fourth-order valence-corrected chi connectivity index (χ4v) is 2.69. The van der Waals surface area contributed by atoms with Crippen LogP contribution in [0.15, 0.2) is 0 Å². The van der Waals surface area contributed by atoms with Crippen molar-refractivity contribution in [3.63, 3.8) is 0 Å². The van der Waals surface area contributed by atoms with E-state index in [0.29, 0.717) is 12.0 Å². The maximum Gasteiger partial charge on any atom is 0.0602 e. The SMILES string of the molecule is CCC(C)N1CCN(C(CO)C(N)C(C)C)CC1. The number of hydrogen-bond acceptors (Lipinski definition) is 4. The van der Waals surface area contributed by atoms with Crippen molar-refractivity contribution >= 4 is 0 Å². The Balaban J connectivity index is 2.50. The van der Waals surface area contributed by atoms with E-state index in [0.717, 1.165) is 26.2 Å². The summed E-state index contributed by atoms with van der Waals surface area (Å²) < 4.78 is 0. The summed E-state index contributed by atoms with van der Waals surface area (Å²) in [5, 5.41) is 9.58. The molecule has 0 spiro atoms. The zero-order valence-electron chi connectivity index (χ0n) is 12.5. The predicted molar refractivity (Wildman–Crippen MR) is 76.6 cm³/mol. The first-order chi connectivity index (χ1) is 8.51. The van der Waals surface area contributed by atoms with Crippen molar-refractivity contribution in [3.8, 4) is 0 Å². The van der Waals surface area contributed by atoms with Gasteiger partial charge in [0.15, 0.2) is 0 Å². The Morgan fingerprint density at radius 2 is 1.56 bits per heavy atom. The second kappa shape index (κ2) is 7.43. The number of aliphatic hydroxyl groups excluding tert-OH is 1. The van der Waals surface area contributed by atoms with Gasteiger partial charge in [-0.2, -0.15) is 0 Å². The number of nitrogens with zero attached hydrogens (tertiary/aromatic N) is 2. The van der Waals surface area contributed by atoms with Gasteiger partial charge >= 0.3 is 0 Å². The van der Waals surface area contributed by atoms with Crippen molar-refractivity contribution in [2.24, 2.45) is 11.7 Å². The minimum atomic E-state index is 0.0603. The molecule has 1 rings (SSSR count). The highest BCUT2D eigenvalue weighted by Gasteiger charge is 2.29. The maximum atomic E-state index is 9.58. The second-order valence-corrected chi connectivity index (χ2v) is 5.90. The fourth-order valence-electron chi connectivity index (χ4n) is 2.69. The standard InChI is InChI=1S/C14H31N3O/c1-5-12(4)16-6-8-17(9-7-16)13(10-18)14(15)11(2)3/h11-14,18H,5-10,15H2,1-4H3. The Kier molecular flexibility index (Phi) is 6.57. The van der Waals surface area contributed by atoms with Gasteiger partial charge in [0, 0.05) is 44.3 Å². The molecule has 0 amide bonds. The third kappa shape index (κ3) is 3.92. The molecule has 3 N–H and O–H groups in total. The number of nitrogens with two attached hydrogens (primary N) is 1. The van der Waals surface area contributed by atoms with Gasteiger partial charge in [0.2, 0.25) is 0 Å². The van der Waals surface area contributed by atoms with Crippen LogP contribution in [0.4, 0.5) is 0 Å². The van der Waals surface area contributed by atoms with Crippen molar-refractivity contribution in [2.45, 2.75) is 52.2 Å². The zero-order valence-corrected chi connectivity index (χ0v) is 12.5. The molecule has 0 aromatic rings. The van der Waals surface area contributed by atoms with Crippen molar-refractivity contribution < 1.29 is 5.11 Å². The molecule has 1 aliphatic rings. The van der Waals surface area contributed by atoms with Crippen LogP contribution in [0, 0.1) is 5.92 Å². The highest BCUT2D eigenvalue weighted by molar-refractivity contribution is 4.87. The molecule has 3 unspecified atom stereocenters. The van der Waals surface area contributed by atoms with Crippen LogP contribution in [-0.2, 0) is 0 Å². The van der Waals surface area contributed by atoms with E-state index < -0.39 is 0 Å². The molecule has 108 valence electrons. The maximum absolute atomic E-state index is 9.58. The third-order valence-electron chi connectivity index (χ3n) is 4.43. The summed E-state index contributed by atoms with van der Waals surface area (Å²) in [6, 6.07) is 0.840. The lowest BCUT2D eigenvalue weighted by Crippen LogP contribution is -2.59. The molecule has 3 atom stereocenters. The van der Waals surface area contributed by atoms with Gasteiger partial charge in [0.25, 0.3) is 0 Å². The van der Waals surface area contributed by atoms with Gasteiger partial charge in [-0.25, -0.2) is 0 Å². The average Bonchev–Trinajstić information content (AvgIpc) is 2.39. The largest absolute Gasteiger partial charge is 0.395 e. The molecular weight excluding hydrogens is 226 g/mol. The van der Waals surface area contributed by atoms with Gasteiger partial charge < -0.3 is 10.8 Å². The van der Waals surface area contributed by atoms with Crippen LogP contribution in [-0.4, -0.2) is 65.8 Å². The van der Waals surface area contributed by atoms with Gasteiger partial charge in [0.1, 0.15) is 0 Å². The predicted octanol–water partition coefficient (Wildman–Crippen LogP) is 0.747. The Morgan fingerprint density at radius 3 is 1.94 bits per heavy atom. The summed E-state index contributed by atoms with van der Waals surface area (Å²) in [7, 11) is 0. The first kappa shape index (κ1) is 15.9. The average molecular weight is 257 g/mol. The van der Waals surface area contributed by atoms with E-state index in [1.54, 1.807) is 0 Å². The number of piperazine rings is 1. The van der Waals surface area contributed by atoms with Crippen LogP contribution in [0.5, 0.6) is 0 Å². The van der Waals surface area contributed by atoms with E-state index in [2.05, 4.69) is 37.5 Å². The monoisotopic (exact) mass is 257 g/mol. The summed E-state index contributed by atoms with van der Waals surface area (Å²) in [6.45, 7) is 13.2. The number of rotatable bonds is 6. The van der Waals surface area contributed by atoms with Gasteiger partial charge in [-0.1, -0.05) is 20.8 Å². The van der Waals surface area contributed by atoms with Crippen molar-refractivity contribution in [2.75, 3.05) is 32.8 Å². The normalized spacial score (nSPS) is 24.2. The molecule has 0 aromatic heterocycles. The topological polar surface area (TPSA) is 52.7 Å². The Labute approximate surface area is 112 Å². The van der Waals surface area contributed by atoms with Crippen LogP contribution in [0.1, 0.15) is 34.1 Å². The van der Waals surface area contributed by atoms with Crippen LogP contribution < -0.4 is 5.73 Å². The van der Waals surface area contributed by atoms with Crippen molar-refractivity contribution in [3.05, 3.63) is 0 Å². The lowest BCUT2D eigenvalue weighted by atomic mass is 9.96. The van der Waals surface area contributed by atoms with E-state index in [1.807, 2.05) is 0 Å². The molecule has 0 saturated carbocycles. The minimum Gasteiger partial charge on any atom is -0.395 e. The summed E-state index contributed by atoms with van der Waals surface area (Å²) in [5.41, 5.74) is 6.21. The van der Waals surface area contributed by atoms with E-state index >= 15 is 0 Å². The fraction of sp³-hybridized carbons (Fsp3) is 1.00. The van der Waals surface area contributed by atoms with Crippen LogP contribution in [0.25, 0.3) is 0 Å². The van der Waals surface area contributed by atoms with Crippen LogP contribution >= 0.6 is 0 Å². The molecule has 4 heteroatoms. The Morgan fingerprint density at radius 1 is 1.06 bits per heavy atom. The Bertz CT molecular complexity index is 227. The van der Waals surface area contributed by atoms with E-state index in [-0.39, 0.29) is 18.7 Å². The second-order valence-electron chi connectivity index (χ2n) is 5.90. The molecule has 1 heterocycles. The van der Waals surface area contributed by atoms with Crippen LogP contribution in [0.3, 0.4) is 0 Å². The summed E-state index contributed by atoms with van der Waals surface area (Å²) >= 11 is 0. The summed E-state index contributed by atoms with van der Waals surface area (Å²) in [6.07, 6.45) is 1.20. The molecule has 4 nitrogen and oxygen atoms in total. The molecule has 1 fully saturated rings.